The van der Waals surface area contributed by atoms with E-state index in [-0.39, 0.29) is 5.69 Å². The van der Waals surface area contributed by atoms with E-state index in [4.69, 9.17) is 5.11 Å². The number of aryl methyl sites for hydroxylation is 2. The summed E-state index contributed by atoms with van der Waals surface area (Å²) in [6, 6.07) is 2.01. The normalized spacial score (nSPS) is 10.7. The van der Waals surface area contributed by atoms with Crippen molar-refractivity contribution in [3.8, 4) is 0 Å². The molecule has 0 unspecified atom stereocenters. The molecule has 0 spiro atoms. The first kappa shape index (κ1) is 11.4. The van der Waals surface area contributed by atoms with Crippen molar-refractivity contribution in [2.75, 3.05) is 0 Å². The Morgan fingerprint density at radius 3 is 2.82 bits per heavy atom. The Bertz CT molecular complexity index is 541. The van der Waals surface area contributed by atoms with Crippen LogP contribution in [0.2, 0.25) is 0 Å². The van der Waals surface area contributed by atoms with Gasteiger partial charge in [-0.3, -0.25) is 4.68 Å². The molecule has 2 aromatic heterocycles. The molecule has 0 aliphatic carbocycles. The molecule has 2 heterocycles. The van der Waals surface area contributed by atoms with E-state index in [1.165, 1.54) is 12.5 Å². The van der Waals surface area contributed by atoms with Crippen molar-refractivity contribution in [3.63, 3.8) is 0 Å². The van der Waals surface area contributed by atoms with E-state index in [0.717, 1.165) is 17.8 Å². The summed E-state index contributed by atoms with van der Waals surface area (Å²) in [6.07, 6.45) is 3.92. The molecular weight excluding hydrogens is 220 g/mol. The molecule has 6 heteroatoms. The number of aromatic nitrogens is 4. The van der Waals surface area contributed by atoms with Crippen LogP contribution in [-0.2, 0) is 20.0 Å². The molecule has 6 nitrogen and oxygen atoms in total. The van der Waals surface area contributed by atoms with Gasteiger partial charge in [0.05, 0.1) is 24.3 Å². The molecule has 2 rings (SSSR count). The lowest BCUT2D eigenvalue weighted by molar-refractivity contribution is 0.0691. The van der Waals surface area contributed by atoms with Gasteiger partial charge in [0, 0.05) is 13.2 Å². The number of imidazole rings is 1. The standard InChI is InChI=1S/C11H14N4O2/c1-3-8-4-9(14(2)13-8)5-15-6-10(11(16)17)12-7-15/h4,6-7H,3,5H2,1-2H3,(H,16,17). The van der Waals surface area contributed by atoms with Gasteiger partial charge in [-0.15, -0.1) is 0 Å². The van der Waals surface area contributed by atoms with Crippen molar-refractivity contribution >= 4 is 5.97 Å². The maximum absolute atomic E-state index is 10.7. The molecule has 0 aromatic carbocycles. The molecule has 17 heavy (non-hydrogen) atoms. The van der Waals surface area contributed by atoms with Crippen LogP contribution in [0, 0.1) is 0 Å². The third kappa shape index (κ3) is 2.35. The van der Waals surface area contributed by atoms with Gasteiger partial charge in [-0.2, -0.15) is 5.10 Å². The Morgan fingerprint density at radius 2 is 2.29 bits per heavy atom. The molecule has 0 amide bonds. The van der Waals surface area contributed by atoms with Crippen LogP contribution in [-0.4, -0.2) is 30.4 Å². The number of hydrogen-bond acceptors (Lipinski definition) is 3. The number of nitrogens with zero attached hydrogens (tertiary/aromatic N) is 4. The third-order valence-electron chi connectivity index (χ3n) is 2.59. The minimum atomic E-state index is -1.01. The predicted molar refractivity (Wildman–Crippen MR) is 60.9 cm³/mol. The van der Waals surface area contributed by atoms with Gasteiger partial charge < -0.3 is 9.67 Å². The van der Waals surface area contributed by atoms with Gasteiger partial charge in [-0.1, -0.05) is 6.92 Å². The minimum absolute atomic E-state index is 0.0582. The molecule has 0 atom stereocenters. The summed E-state index contributed by atoms with van der Waals surface area (Å²) >= 11 is 0. The van der Waals surface area contributed by atoms with Crippen LogP contribution in [0.4, 0.5) is 0 Å². The van der Waals surface area contributed by atoms with Crippen molar-refractivity contribution in [2.24, 2.45) is 7.05 Å². The zero-order valence-electron chi connectivity index (χ0n) is 9.79. The van der Waals surface area contributed by atoms with E-state index in [0.29, 0.717) is 6.54 Å². The topological polar surface area (TPSA) is 72.9 Å². The molecule has 0 saturated heterocycles. The van der Waals surface area contributed by atoms with E-state index in [2.05, 4.69) is 10.1 Å². The van der Waals surface area contributed by atoms with Crippen molar-refractivity contribution in [1.82, 2.24) is 19.3 Å². The third-order valence-corrected chi connectivity index (χ3v) is 2.59. The van der Waals surface area contributed by atoms with E-state index in [1.807, 2.05) is 20.0 Å². The van der Waals surface area contributed by atoms with Gasteiger partial charge in [-0.05, 0) is 12.5 Å². The first-order valence-electron chi connectivity index (χ1n) is 5.37. The Morgan fingerprint density at radius 1 is 1.53 bits per heavy atom. The lowest BCUT2D eigenvalue weighted by atomic mass is 10.3. The van der Waals surface area contributed by atoms with Crippen molar-refractivity contribution in [2.45, 2.75) is 19.9 Å². The second-order valence-electron chi connectivity index (χ2n) is 3.84. The second-order valence-corrected chi connectivity index (χ2v) is 3.84. The molecule has 0 aliphatic heterocycles. The van der Waals surface area contributed by atoms with Crippen molar-refractivity contribution in [3.05, 3.63) is 35.7 Å². The van der Waals surface area contributed by atoms with Gasteiger partial charge >= 0.3 is 5.97 Å². The second kappa shape index (κ2) is 4.40. The van der Waals surface area contributed by atoms with E-state index < -0.39 is 5.97 Å². The van der Waals surface area contributed by atoms with Crippen LogP contribution < -0.4 is 0 Å². The molecule has 1 N–H and O–H groups in total. The van der Waals surface area contributed by atoms with Crippen LogP contribution in [0.25, 0.3) is 0 Å². The van der Waals surface area contributed by atoms with Crippen LogP contribution in [0.3, 0.4) is 0 Å². The zero-order chi connectivity index (χ0) is 12.4. The Kier molecular flexibility index (Phi) is 2.95. The molecule has 90 valence electrons. The van der Waals surface area contributed by atoms with Crippen LogP contribution in [0.15, 0.2) is 18.6 Å². The maximum atomic E-state index is 10.7. The highest BCUT2D eigenvalue weighted by Gasteiger charge is 2.08. The lowest BCUT2D eigenvalue weighted by Gasteiger charge is -2.01. The van der Waals surface area contributed by atoms with Gasteiger partial charge in [0.1, 0.15) is 0 Å². The fourth-order valence-corrected chi connectivity index (χ4v) is 1.64. The fourth-order valence-electron chi connectivity index (χ4n) is 1.64. The minimum Gasteiger partial charge on any atom is -0.476 e. The molecule has 0 bridgehead atoms. The lowest BCUT2D eigenvalue weighted by Crippen LogP contribution is -2.04. The summed E-state index contributed by atoms with van der Waals surface area (Å²) in [5.41, 5.74) is 2.11. The van der Waals surface area contributed by atoms with Crippen LogP contribution >= 0.6 is 0 Å². The Labute approximate surface area is 98.5 Å². The summed E-state index contributed by atoms with van der Waals surface area (Å²) in [6.45, 7) is 2.62. The summed E-state index contributed by atoms with van der Waals surface area (Å²) < 4.78 is 3.54. The molecule has 2 aromatic rings. The highest BCUT2D eigenvalue weighted by Crippen LogP contribution is 2.07. The zero-order valence-corrected chi connectivity index (χ0v) is 9.79. The summed E-state index contributed by atoms with van der Waals surface area (Å²) in [5.74, 6) is -1.01. The van der Waals surface area contributed by atoms with Crippen molar-refractivity contribution < 1.29 is 9.90 Å². The van der Waals surface area contributed by atoms with E-state index >= 15 is 0 Å². The van der Waals surface area contributed by atoms with Gasteiger partial charge in [0.25, 0.3) is 0 Å². The average Bonchev–Trinajstić information content (AvgIpc) is 2.87. The highest BCUT2D eigenvalue weighted by molar-refractivity contribution is 5.84. The van der Waals surface area contributed by atoms with Crippen molar-refractivity contribution in [1.29, 1.82) is 0 Å². The molecule has 0 aliphatic rings. The molecular formula is C11H14N4O2. The number of carboxylic acid groups (broad SMARTS) is 1. The highest BCUT2D eigenvalue weighted by atomic mass is 16.4. The number of hydrogen-bond donors (Lipinski definition) is 1. The predicted octanol–water partition coefficient (Wildman–Crippen LogP) is 0.925. The van der Waals surface area contributed by atoms with Gasteiger partial charge in [-0.25, -0.2) is 9.78 Å². The molecule has 0 radical (unpaired) electrons. The molecule has 0 saturated carbocycles. The van der Waals surface area contributed by atoms with Crippen LogP contribution in [0.5, 0.6) is 0 Å². The fraction of sp³-hybridized carbons (Fsp3) is 0.364. The maximum Gasteiger partial charge on any atom is 0.356 e. The van der Waals surface area contributed by atoms with E-state index in [9.17, 15) is 4.79 Å². The smallest absolute Gasteiger partial charge is 0.356 e. The largest absolute Gasteiger partial charge is 0.476 e. The Balaban J connectivity index is 2.19. The van der Waals surface area contributed by atoms with Gasteiger partial charge in [0.15, 0.2) is 5.69 Å². The van der Waals surface area contributed by atoms with Gasteiger partial charge in [0.2, 0.25) is 0 Å². The SMILES string of the molecule is CCc1cc(Cn2cnc(C(=O)O)c2)n(C)n1. The summed E-state index contributed by atoms with van der Waals surface area (Å²) in [7, 11) is 1.88. The number of rotatable bonds is 4. The van der Waals surface area contributed by atoms with Crippen LogP contribution in [0.1, 0.15) is 28.8 Å². The Hall–Kier alpha value is -2.11. The first-order valence-corrected chi connectivity index (χ1v) is 5.37. The van der Waals surface area contributed by atoms with E-state index in [1.54, 1.807) is 9.25 Å². The monoisotopic (exact) mass is 234 g/mol. The number of carbonyl (C=O) groups is 1. The summed E-state index contributed by atoms with van der Waals surface area (Å²) in [5, 5.41) is 13.1. The number of carboxylic acids is 1. The average molecular weight is 234 g/mol. The molecule has 0 fully saturated rings. The number of aromatic carboxylic acids is 1. The quantitative estimate of drug-likeness (QED) is 0.854. The first-order chi connectivity index (χ1) is 8.10. The summed E-state index contributed by atoms with van der Waals surface area (Å²) in [4.78, 5) is 14.5.